The second-order valence-electron chi connectivity index (χ2n) is 5.06. The number of hydrogen-bond acceptors (Lipinski definition) is 3. The van der Waals surface area contributed by atoms with Crippen LogP contribution in [0.2, 0.25) is 0 Å². The van der Waals surface area contributed by atoms with Crippen molar-refractivity contribution in [3.05, 3.63) is 35.9 Å². The smallest absolute Gasteiger partial charge is 0.180 e. The molecule has 1 fully saturated rings. The molecule has 1 aliphatic carbocycles. The van der Waals surface area contributed by atoms with Crippen molar-refractivity contribution in [2.24, 2.45) is 21.9 Å². The van der Waals surface area contributed by atoms with Crippen molar-refractivity contribution < 1.29 is 0 Å². The largest absolute Gasteiger partial charge is 0.377 e. The molecule has 0 bridgehead atoms. The standard InChI is InChI=1S/C15H21N3S/c1-12-7-9-14(10-8-12)17-18-15(16)19-11-13-5-3-2-4-6-13/h2-6,12H,7-11H2,1H3,(H2,16,18). The van der Waals surface area contributed by atoms with E-state index in [2.05, 4.69) is 29.3 Å². The van der Waals surface area contributed by atoms with Crippen molar-refractivity contribution in [3.63, 3.8) is 0 Å². The Balaban J connectivity index is 1.81. The highest BCUT2D eigenvalue weighted by Crippen LogP contribution is 2.21. The molecule has 0 radical (unpaired) electrons. The topological polar surface area (TPSA) is 50.7 Å². The van der Waals surface area contributed by atoms with Gasteiger partial charge in [-0.1, -0.05) is 49.0 Å². The Kier molecular flexibility index (Phi) is 5.45. The van der Waals surface area contributed by atoms with Gasteiger partial charge in [0.1, 0.15) is 0 Å². The predicted octanol–water partition coefficient (Wildman–Crippen LogP) is 3.80. The summed E-state index contributed by atoms with van der Waals surface area (Å²) in [5.41, 5.74) is 8.32. The molecule has 0 aliphatic heterocycles. The molecule has 2 N–H and O–H groups in total. The summed E-state index contributed by atoms with van der Waals surface area (Å²) in [4.78, 5) is 0. The maximum Gasteiger partial charge on any atom is 0.180 e. The first-order valence-electron chi connectivity index (χ1n) is 6.79. The first-order valence-corrected chi connectivity index (χ1v) is 7.78. The third kappa shape index (κ3) is 5.07. The van der Waals surface area contributed by atoms with Gasteiger partial charge in [-0.05, 0) is 37.2 Å². The molecule has 2 rings (SSSR count). The van der Waals surface area contributed by atoms with Gasteiger partial charge < -0.3 is 5.73 Å². The summed E-state index contributed by atoms with van der Waals surface area (Å²) in [6, 6.07) is 10.3. The van der Waals surface area contributed by atoms with Crippen LogP contribution in [-0.2, 0) is 5.75 Å². The van der Waals surface area contributed by atoms with E-state index in [1.807, 2.05) is 18.2 Å². The number of rotatable bonds is 3. The van der Waals surface area contributed by atoms with Gasteiger partial charge in [-0.25, -0.2) is 0 Å². The second-order valence-corrected chi connectivity index (χ2v) is 6.06. The van der Waals surface area contributed by atoms with Gasteiger partial charge in [0.25, 0.3) is 0 Å². The number of thioether (sulfide) groups is 1. The third-order valence-electron chi connectivity index (χ3n) is 3.37. The molecule has 0 saturated heterocycles. The zero-order valence-corrected chi connectivity index (χ0v) is 12.2. The lowest BCUT2D eigenvalue weighted by Gasteiger charge is -2.17. The normalized spacial score (nSPS) is 20.4. The molecule has 102 valence electrons. The lowest BCUT2D eigenvalue weighted by Crippen LogP contribution is -2.12. The number of benzene rings is 1. The van der Waals surface area contributed by atoms with Crippen LogP contribution >= 0.6 is 11.8 Å². The van der Waals surface area contributed by atoms with E-state index in [1.165, 1.54) is 35.9 Å². The van der Waals surface area contributed by atoms with Gasteiger partial charge in [-0.3, -0.25) is 0 Å². The first-order chi connectivity index (χ1) is 9.24. The lowest BCUT2D eigenvalue weighted by atomic mass is 9.90. The Bertz CT molecular complexity index is 444. The average molecular weight is 275 g/mol. The van der Waals surface area contributed by atoms with E-state index in [-0.39, 0.29) is 0 Å². The fraction of sp³-hybridized carbons (Fsp3) is 0.467. The van der Waals surface area contributed by atoms with Crippen LogP contribution in [0.1, 0.15) is 38.2 Å². The maximum atomic E-state index is 5.87. The predicted molar refractivity (Wildman–Crippen MR) is 84.4 cm³/mol. The van der Waals surface area contributed by atoms with Gasteiger partial charge >= 0.3 is 0 Å². The minimum absolute atomic E-state index is 0.551. The van der Waals surface area contributed by atoms with E-state index in [4.69, 9.17) is 5.73 Å². The lowest BCUT2D eigenvalue weighted by molar-refractivity contribution is 0.483. The van der Waals surface area contributed by atoms with Crippen LogP contribution in [-0.4, -0.2) is 10.9 Å². The molecule has 1 aromatic rings. The van der Waals surface area contributed by atoms with Crippen LogP contribution in [0.5, 0.6) is 0 Å². The van der Waals surface area contributed by atoms with E-state index < -0.39 is 0 Å². The second kappa shape index (κ2) is 7.34. The zero-order chi connectivity index (χ0) is 13.5. The minimum atomic E-state index is 0.551. The fourth-order valence-corrected chi connectivity index (χ4v) is 2.68. The van der Waals surface area contributed by atoms with Crippen molar-refractivity contribution in [2.45, 2.75) is 38.4 Å². The summed E-state index contributed by atoms with van der Waals surface area (Å²) >= 11 is 1.54. The van der Waals surface area contributed by atoms with Gasteiger partial charge in [0.05, 0.1) is 0 Å². The molecule has 19 heavy (non-hydrogen) atoms. The minimum Gasteiger partial charge on any atom is -0.377 e. The third-order valence-corrected chi connectivity index (χ3v) is 4.23. The summed E-state index contributed by atoms with van der Waals surface area (Å²) in [6.45, 7) is 2.30. The number of amidine groups is 1. The number of nitrogens with two attached hydrogens (primary N) is 1. The molecule has 4 heteroatoms. The van der Waals surface area contributed by atoms with Crippen LogP contribution < -0.4 is 5.73 Å². The molecule has 0 amide bonds. The highest BCUT2D eigenvalue weighted by Gasteiger charge is 2.13. The van der Waals surface area contributed by atoms with Crippen molar-refractivity contribution in [3.8, 4) is 0 Å². The summed E-state index contributed by atoms with van der Waals surface area (Å²) < 4.78 is 0. The molecule has 0 aromatic heterocycles. The first kappa shape index (κ1) is 14.1. The fourth-order valence-electron chi connectivity index (χ4n) is 2.08. The summed E-state index contributed by atoms with van der Waals surface area (Å²) in [5, 5.41) is 8.97. The molecule has 0 spiro atoms. The Morgan fingerprint density at radius 2 is 1.95 bits per heavy atom. The van der Waals surface area contributed by atoms with Crippen molar-refractivity contribution in [1.82, 2.24) is 0 Å². The van der Waals surface area contributed by atoms with E-state index in [9.17, 15) is 0 Å². The molecular formula is C15H21N3S. The van der Waals surface area contributed by atoms with Crippen LogP contribution in [0, 0.1) is 5.92 Å². The summed E-state index contributed by atoms with van der Waals surface area (Å²) in [5.74, 6) is 1.67. The van der Waals surface area contributed by atoms with E-state index in [1.54, 1.807) is 0 Å². The molecule has 1 aliphatic rings. The van der Waals surface area contributed by atoms with Crippen molar-refractivity contribution in [1.29, 1.82) is 0 Å². The number of nitrogens with zero attached hydrogens (tertiary/aromatic N) is 2. The summed E-state index contributed by atoms with van der Waals surface area (Å²) in [6.07, 6.45) is 4.60. The number of hydrogen-bond donors (Lipinski definition) is 1. The molecule has 1 aromatic carbocycles. The molecule has 3 nitrogen and oxygen atoms in total. The molecule has 0 heterocycles. The Morgan fingerprint density at radius 3 is 2.63 bits per heavy atom. The van der Waals surface area contributed by atoms with Crippen molar-refractivity contribution >= 4 is 22.6 Å². The Hall–Kier alpha value is -1.29. The van der Waals surface area contributed by atoms with Crippen LogP contribution in [0.15, 0.2) is 40.5 Å². The monoisotopic (exact) mass is 275 g/mol. The molecule has 0 unspecified atom stereocenters. The van der Waals surface area contributed by atoms with Gasteiger partial charge in [0, 0.05) is 11.5 Å². The van der Waals surface area contributed by atoms with Crippen molar-refractivity contribution in [2.75, 3.05) is 0 Å². The van der Waals surface area contributed by atoms with E-state index >= 15 is 0 Å². The molecule has 1 saturated carbocycles. The molecule has 0 atom stereocenters. The van der Waals surface area contributed by atoms with Crippen LogP contribution in [0.25, 0.3) is 0 Å². The Labute approximate surface area is 119 Å². The van der Waals surface area contributed by atoms with Crippen LogP contribution in [0.3, 0.4) is 0 Å². The van der Waals surface area contributed by atoms with Gasteiger partial charge in [0.2, 0.25) is 0 Å². The van der Waals surface area contributed by atoms with E-state index in [0.29, 0.717) is 5.17 Å². The van der Waals surface area contributed by atoms with Gasteiger partial charge in [-0.2, -0.15) is 5.10 Å². The zero-order valence-electron chi connectivity index (χ0n) is 11.4. The van der Waals surface area contributed by atoms with E-state index in [0.717, 1.165) is 24.5 Å². The highest BCUT2D eigenvalue weighted by atomic mass is 32.2. The van der Waals surface area contributed by atoms with Gasteiger partial charge in [0.15, 0.2) is 5.17 Å². The summed E-state index contributed by atoms with van der Waals surface area (Å²) in [7, 11) is 0. The quantitative estimate of drug-likeness (QED) is 0.518. The highest BCUT2D eigenvalue weighted by molar-refractivity contribution is 8.13. The SMILES string of the molecule is CC1CCC(=N/N=C(\N)SCc2ccccc2)CC1. The Morgan fingerprint density at radius 1 is 1.26 bits per heavy atom. The maximum absolute atomic E-state index is 5.87. The average Bonchev–Trinajstić information content (AvgIpc) is 2.45. The van der Waals surface area contributed by atoms with Crippen LogP contribution in [0.4, 0.5) is 0 Å². The molecular weight excluding hydrogens is 254 g/mol. The van der Waals surface area contributed by atoms with Gasteiger partial charge in [-0.15, -0.1) is 5.10 Å².